The Morgan fingerprint density at radius 3 is 2.71 bits per heavy atom. The standard InChI is InChI=1S/C24H24FN3O2S/c25-19-9-6-17(7-10-19)15-26-22(29)18-8-11-20-21(14-18)27-24(31)28(23(20)30)13-12-16-4-2-1-3-5-16/h4,6-11,14H,1-3,5,12-13,15H2,(H,26,29)(H,27,31). The first-order valence-electron chi connectivity index (χ1n) is 10.5. The van der Waals surface area contributed by atoms with Crippen molar-refractivity contribution >= 4 is 29.0 Å². The Hall–Kier alpha value is -3.06. The topological polar surface area (TPSA) is 66.9 Å². The highest BCUT2D eigenvalue weighted by molar-refractivity contribution is 7.71. The molecule has 160 valence electrons. The number of amides is 1. The summed E-state index contributed by atoms with van der Waals surface area (Å²) in [5.41, 5.74) is 3.00. The van der Waals surface area contributed by atoms with Crippen LogP contribution in [0.25, 0.3) is 10.9 Å². The zero-order valence-electron chi connectivity index (χ0n) is 17.1. The SMILES string of the molecule is O=C(NCc1ccc(F)cc1)c1ccc2c(=O)n(CCC3=CCCCC3)c(=S)[nH]c2c1. The van der Waals surface area contributed by atoms with Crippen LogP contribution in [0.1, 0.15) is 48.0 Å². The van der Waals surface area contributed by atoms with Gasteiger partial charge in [-0.05, 0) is 80.2 Å². The van der Waals surface area contributed by atoms with Gasteiger partial charge < -0.3 is 10.3 Å². The molecule has 0 saturated carbocycles. The zero-order valence-corrected chi connectivity index (χ0v) is 17.9. The predicted octanol–water partition coefficient (Wildman–Crippen LogP) is 5.02. The lowest BCUT2D eigenvalue weighted by molar-refractivity contribution is 0.0951. The summed E-state index contributed by atoms with van der Waals surface area (Å²) < 4.78 is 15.0. The van der Waals surface area contributed by atoms with Crippen LogP contribution >= 0.6 is 12.2 Å². The van der Waals surface area contributed by atoms with E-state index in [1.165, 1.54) is 30.5 Å². The molecule has 4 rings (SSSR count). The van der Waals surface area contributed by atoms with Crippen molar-refractivity contribution in [3.8, 4) is 0 Å². The summed E-state index contributed by atoms with van der Waals surface area (Å²) in [5, 5.41) is 3.31. The van der Waals surface area contributed by atoms with Gasteiger partial charge in [0.1, 0.15) is 5.82 Å². The minimum atomic E-state index is -0.319. The van der Waals surface area contributed by atoms with Crippen LogP contribution in [-0.4, -0.2) is 15.5 Å². The van der Waals surface area contributed by atoms with Crippen LogP contribution < -0.4 is 10.9 Å². The average molecular weight is 438 g/mol. The third-order valence-electron chi connectivity index (χ3n) is 5.65. The maximum atomic E-state index is 13.0. The summed E-state index contributed by atoms with van der Waals surface area (Å²) in [7, 11) is 0. The number of nitrogens with zero attached hydrogens (tertiary/aromatic N) is 1. The van der Waals surface area contributed by atoms with E-state index in [4.69, 9.17) is 12.2 Å². The van der Waals surface area contributed by atoms with E-state index in [9.17, 15) is 14.0 Å². The van der Waals surface area contributed by atoms with Crippen LogP contribution in [0.4, 0.5) is 4.39 Å². The van der Waals surface area contributed by atoms with Crippen molar-refractivity contribution in [1.82, 2.24) is 14.9 Å². The Balaban J connectivity index is 1.51. The van der Waals surface area contributed by atoms with Gasteiger partial charge in [0, 0.05) is 18.7 Å². The summed E-state index contributed by atoms with van der Waals surface area (Å²) in [4.78, 5) is 28.6. The van der Waals surface area contributed by atoms with E-state index < -0.39 is 0 Å². The van der Waals surface area contributed by atoms with Gasteiger partial charge >= 0.3 is 0 Å². The molecule has 0 spiro atoms. The fourth-order valence-corrected chi connectivity index (χ4v) is 4.16. The molecular weight excluding hydrogens is 413 g/mol. The summed E-state index contributed by atoms with van der Waals surface area (Å²) in [6.07, 6.45) is 7.75. The number of aromatic nitrogens is 2. The number of aromatic amines is 1. The number of hydrogen-bond donors (Lipinski definition) is 2. The van der Waals surface area contributed by atoms with Crippen LogP contribution in [-0.2, 0) is 13.1 Å². The lowest BCUT2D eigenvalue weighted by Crippen LogP contribution is -2.24. The van der Waals surface area contributed by atoms with Crippen LogP contribution in [0.3, 0.4) is 0 Å². The number of carbonyl (C=O) groups is 1. The molecule has 5 nitrogen and oxygen atoms in total. The Bertz CT molecular complexity index is 1260. The van der Waals surface area contributed by atoms with Crippen molar-refractivity contribution in [2.24, 2.45) is 0 Å². The van der Waals surface area contributed by atoms with Crippen LogP contribution in [0.15, 0.2) is 58.9 Å². The predicted molar refractivity (Wildman–Crippen MR) is 122 cm³/mol. The van der Waals surface area contributed by atoms with E-state index >= 15 is 0 Å². The molecule has 1 aromatic heterocycles. The summed E-state index contributed by atoms with van der Waals surface area (Å²) >= 11 is 5.43. The normalized spacial score (nSPS) is 13.8. The molecule has 0 unspecified atom stereocenters. The highest BCUT2D eigenvalue weighted by atomic mass is 32.1. The lowest BCUT2D eigenvalue weighted by atomic mass is 9.97. The number of carbonyl (C=O) groups excluding carboxylic acids is 1. The molecule has 1 heterocycles. The number of rotatable bonds is 6. The number of hydrogen-bond acceptors (Lipinski definition) is 3. The number of benzene rings is 2. The second-order valence-corrected chi connectivity index (χ2v) is 8.20. The second-order valence-electron chi connectivity index (χ2n) is 7.81. The van der Waals surface area contributed by atoms with Crippen molar-refractivity contribution in [3.63, 3.8) is 0 Å². The number of H-pyrrole nitrogens is 1. The van der Waals surface area contributed by atoms with Crippen molar-refractivity contribution in [2.75, 3.05) is 0 Å². The minimum Gasteiger partial charge on any atom is -0.348 e. The second kappa shape index (κ2) is 9.39. The molecule has 0 fully saturated rings. The van der Waals surface area contributed by atoms with E-state index in [-0.39, 0.29) is 23.8 Å². The Morgan fingerprint density at radius 1 is 1.16 bits per heavy atom. The lowest BCUT2D eigenvalue weighted by Gasteiger charge is -2.14. The van der Waals surface area contributed by atoms with E-state index in [2.05, 4.69) is 16.4 Å². The van der Waals surface area contributed by atoms with Crippen molar-refractivity contribution in [3.05, 3.63) is 86.2 Å². The molecule has 1 amide bonds. The maximum Gasteiger partial charge on any atom is 0.262 e. The van der Waals surface area contributed by atoms with E-state index in [0.29, 0.717) is 27.8 Å². The van der Waals surface area contributed by atoms with Gasteiger partial charge in [0.05, 0.1) is 10.9 Å². The van der Waals surface area contributed by atoms with Crippen molar-refractivity contribution in [2.45, 2.75) is 45.2 Å². The molecule has 1 aliphatic carbocycles. The molecule has 2 N–H and O–H groups in total. The van der Waals surface area contributed by atoms with E-state index in [0.717, 1.165) is 24.8 Å². The van der Waals surface area contributed by atoms with Gasteiger partial charge in [0.2, 0.25) is 0 Å². The van der Waals surface area contributed by atoms with Gasteiger partial charge in [0.15, 0.2) is 4.77 Å². The average Bonchev–Trinajstić information content (AvgIpc) is 2.78. The van der Waals surface area contributed by atoms with Crippen LogP contribution in [0.2, 0.25) is 0 Å². The Labute approximate surface area is 184 Å². The largest absolute Gasteiger partial charge is 0.348 e. The quantitative estimate of drug-likeness (QED) is 0.420. The summed E-state index contributed by atoms with van der Waals surface area (Å²) in [5.74, 6) is -0.597. The molecule has 7 heteroatoms. The molecule has 2 aromatic carbocycles. The van der Waals surface area contributed by atoms with Crippen LogP contribution in [0, 0.1) is 10.6 Å². The Morgan fingerprint density at radius 2 is 1.97 bits per heavy atom. The zero-order chi connectivity index (χ0) is 21.8. The molecule has 0 bridgehead atoms. The maximum absolute atomic E-state index is 13.0. The molecule has 3 aromatic rings. The third kappa shape index (κ3) is 4.99. The van der Waals surface area contributed by atoms with Crippen LogP contribution in [0.5, 0.6) is 0 Å². The van der Waals surface area contributed by atoms with Gasteiger partial charge in [-0.1, -0.05) is 23.8 Å². The number of allylic oxidation sites excluding steroid dienone is 2. The van der Waals surface area contributed by atoms with E-state index in [1.54, 1.807) is 34.9 Å². The molecule has 0 radical (unpaired) electrons. The fourth-order valence-electron chi connectivity index (χ4n) is 3.87. The first-order chi connectivity index (χ1) is 15.0. The van der Waals surface area contributed by atoms with E-state index in [1.807, 2.05) is 0 Å². The highest BCUT2D eigenvalue weighted by Gasteiger charge is 2.11. The molecule has 0 atom stereocenters. The molecule has 31 heavy (non-hydrogen) atoms. The summed E-state index contributed by atoms with van der Waals surface area (Å²) in [6.45, 7) is 0.834. The van der Waals surface area contributed by atoms with Gasteiger partial charge in [-0.15, -0.1) is 0 Å². The highest BCUT2D eigenvalue weighted by Crippen LogP contribution is 2.20. The smallest absolute Gasteiger partial charge is 0.262 e. The monoisotopic (exact) mass is 437 g/mol. The minimum absolute atomic E-state index is 0.145. The van der Waals surface area contributed by atoms with Gasteiger partial charge in [-0.2, -0.15) is 0 Å². The molecular formula is C24H24FN3O2S. The first kappa shape index (κ1) is 21.2. The van der Waals surface area contributed by atoms with Gasteiger partial charge in [0.25, 0.3) is 11.5 Å². The Kier molecular flexibility index (Phi) is 6.42. The number of nitrogens with one attached hydrogen (secondary N) is 2. The first-order valence-corrected chi connectivity index (χ1v) is 10.9. The third-order valence-corrected chi connectivity index (χ3v) is 5.97. The van der Waals surface area contributed by atoms with Crippen molar-refractivity contribution in [1.29, 1.82) is 0 Å². The molecule has 0 aliphatic heterocycles. The molecule has 1 aliphatic rings. The molecule has 0 saturated heterocycles. The van der Waals surface area contributed by atoms with Crippen molar-refractivity contribution < 1.29 is 9.18 Å². The summed E-state index contributed by atoms with van der Waals surface area (Å²) in [6, 6.07) is 10.9. The fraction of sp³-hybridized carbons (Fsp3) is 0.292. The number of halogens is 1. The number of fused-ring (bicyclic) bond motifs is 1. The van der Waals surface area contributed by atoms with Gasteiger partial charge in [-0.25, -0.2) is 4.39 Å². The van der Waals surface area contributed by atoms with Gasteiger partial charge in [-0.3, -0.25) is 14.2 Å².